The van der Waals surface area contributed by atoms with E-state index in [0.29, 0.717) is 24.8 Å². The van der Waals surface area contributed by atoms with Gasteiger partial charge in [0.15, 0.2) is 0 Å². The molecule has 1 heterocycles. The van der Waals surface area contributed by atoms with E-state index in [-0.39, 0.29) is 6.61 Å². The summed E-state index contributed by atoms with van der Waals surface area (Å²) in [7, 11) is 0. The second kappa shape index (κ2) is 7.29. The molecule has 0 saturated carbocycles. The Morgan fingerprint density at radius 3 is 2.55 bits per heavy atom. The van der Waals surface area contributed by atoms with Crippen LogP contribution in [0.3, 0.4) is 0 Å². The van der Waals surface area contributed by atoms with Gasteiger partial charge >= 0.3 is 12.1 Å². The number of likely N-dealkylation sites (tertiary alicyclic amines) is 1. The van der Waals surface area contributed by atoms with Crippen LogP contribution in [0.25, 0.3) is 0 Å². The number of carbonyl (C=O) groups is 2. The van der Waals surface area contributed by atoms with Gasteiger partial charge in [0.1, 0.15) is 12.6 Å². The van der Waals surface area contributed by atoms with E-state index in [4.69, 9.17) is 4.74 Å². The summed E-state index contributed by atoms with van der Waals surface area (Å²) in [6, 6.07) is 8.60. The van der Waals surface area contributed by atoms with Gasteiger partial charge in [0.2, 0.25) is 0 Å². The zero-order valence-electron chi connectivity index (χ0n) is 13.1. The molecular weight excluding hydrogens is 282 g/mol. The van der Waals surface area contributed by atoms with Crippen LogP contribution in [-0.2, 0) is 16.1 Å². The number of rotatable bonds is 4. The second-order valence-electron chi connectivity index (χ2n) is 6.13. The molecule has 1 aromatic carbocycles. The van der Waals surface area contributed by atoms with Gasteiger partial charge in [0.05, 0.1) is 0 Å². The number of carbonyl (C=O) groups excluding carboxylic acids is 1. The molecular formula is C17H23NO4. The molecule has 1 aromatic rings. The van der Waals surface area contributed by atoms with E-state index in [9.17, 15) is 14.7 Å². The fraction of sp³-hybridized carbons (Fsp3) is 0.529. The lowest BCUT2D eigenvalue weighted by Gasteiger charge is -2.38. The number of hydrogen-bond acceptors (Lipinski definition) is 3. The van der Waals surface area contributed by atoms with Crippen LogP contribution in [0.2, 0.25) is 0 Å². The van der Waals surface area contributed by atoms with Crippen LogP contribution < -0.4 is 0 Å². The van der Waals surface area contributed by atoms with Crippen LogP contribution in [0.1, 0.15) is 32.3 Å². The Kier molecular flexibility index (Phi) is 5.41. The third kappa shape index (κ3) is 4.00. The SMILES string of the molecule is CC(C)C1CCC(C(=O)O)N(C(=O)OCc2ccccc2)C1. The van der Waals surface area contributed by atoms with Gasteiger partial charge in [0, 0.05) is 6.54 Å². The molecule has 120 valence electrons. The Hall–Kier alpha value is -2.04. The molecule has 5 heteroatoms. The number of carboxylic acids is 1. The summed E-state index contributed by atoms with van der Waals surface area (Å²) in [5, 5.41) is 9.32. The molecule has 5 nitrogen and oxygen atoms in total. The van der Waals surface area contributed by atoms with E-state index in [1.807, 2.05) is 30.3 Å². The average molecular weight is 305 g/mol. The summed E-state index contributed by atoms with van der Waals surface area (Å²) in [6.45, 7) is 4.80. The van der Waals surface area contributed by atoms with E-state index in [2.05, 4.69) is 13.8 Å². The molecule has 22 heavy (non-hydrogen) atoms. The van der Waals surface area contributed by atoms with Crippen molar-refractivity contribution < 1.29 is 19.4 Å². The zero-order valence-corrected chi connectivity index (χ0v) is 13.1. The highest BCUT2D eigenvalue weighted by Gasteiger charge is 2.37. The monoisotopic (exact) mass is 305 g/mol. The van der Waals surface area contributed by atoms with Crippen LogP contribution in [0.15, 0.2) is 30.3 Å². The van der Waals surface area contributed by atoms with Crippen molar-refractivity contribution in [2.45, 2.75) is 39.3 Å². The second-order valence-corrected chi connectivity index (χ2v) is 6.13. The average Bonchev–Trinajstić information content (AvgIpc) is 2.52. The van der Waals surface area contributed by atoms with Gasteiger partial charge in [0.25, 0.3) is 0 Å². The lowest BCUT2D eigenvalue weighted by atomic mass is 9.85. The maximum absolute atomic E-state index is 12.3. The minimum Gasteiger partial charge on any atom is -0.480 e. The molecule has 2 unspecified atom stereocenters. The Morgan fingerprint density at radius 2 is 1.95 bits per heavy atom. The highest BCUT2D eigenvalue weighted by molar-refractivity contribution is 5.80. The van der Waals surface area contributed by atoms with Crippen molar-refractivity contribution >= 4 is 12.1 Å². The first-order valence-corrected chi connectivity index (χ1v) is 7.69. The summed E-state index contributed by atoms with van der Waals surface area (Å²) >= 11 is 0. The number of aliphatic carboxylic acids is 1. The van der Waals surface area contributed by atoms with Gasteiger partial charge in [-0.3, -0.25) is 4.90 Å². The number of hydrogen-bond donors (Lipinski definition) is 1. The van der Waals surface area contributed by atoms with E-state index >= 15 is 0 Å². The largest absolute Gasteiger partial charge is 0.480 e. The molecule has 1 fully saturated rings. The summed E-state index contributed by atoms with van der Waals surface area (Å²) in [5.41, 5.74) is 0.889. The number of nitrogens with zero attached hydrogens (tertiary/aromatic N) is 1. The van der Waals surface area contributed by atoms with Crippen molar-refractivity contribution in [2.24, 2.45) is 11.8 Å². The molecule has 1 saturated heterocycles. The summed E-state index contributed by atoms with van der Waals surface area (Å²) in [5.74, 6) is -0.224. The fourth-order valence-corrected chi connectivity index (χ4v) is 2.80. The van der Waals surface area contributed by atoms with Crippen LogP contribution in [0.4, 0.5) is 4.79 Å². The van der Waals surface area contributed by atoms with Gasteiger partial charge in [-0.05, 0) is 30.2 Å². The first-order chi connectivity index (χ1) is 10.5. The van der Waals surface area contributed by atoms with Crippen molar-refractivity contribution in [3.63, 3.8) is 0 Å². The van der Waals surface area contributed by atoms with E-state index in [1.54, 1.807) is 0 Å². The lowest BCUT2D eigenvalue weighted by Crippen LogP contribution is -2.51. The minimum atomic E-state index is -0.959. The number of carboxylic acid groups (broad SMARTS) is 1. The predicted octanol–water partition coefficient (Wildman–Crippen LogP) is 3.14. The zero-order chi connectivity index (χ0) is 16.1. The van der Waals surface area contributed by atoms with Crippen molar-refractivity contribution in [2.75, 3.05) is 6.54 Å². The maximum atomic E-state index is 12.3. The normalized spacial score (nSPS) is 21.7. The number of benzene rings is 1. The summed E-state index contributed by atoms with van der Waals surface area (Å²) in [6.07, 6.45) is 0.775. The third-order valence-electron chi connectivity index (χ3n) is 4.29. The fourth-order valence-electron chi connectivity index (χ4n) is 2.80. The standard InChI is InChI=1S/C17H23NO4/c1-12(2)14-8-9-15(16(19)20)18(10-14)17(21)22-11-13-6-4-3-5-7-13/h3-7,12,14-15H,8-11H2,1-2H3,(H,19,20). The smallest absolute Gasteiger partial charge is 0.410 e. The minimum absolute atomic E-state index is 0.162. The van der Waals surface area contributed by atoms with E-state index in [0.717, 1.165) is 12.0 Å². The topological polar surface area (TPSA) is 66.8 Å². The van der Waals surface area contributed by atoms with Gasteiger partial charge in [-0.1, -0.05) is 44.2 Å². The molecule has 0 bridgehead atoms. The van der Waals surface area contributed by atoms with Crippen molar-refractivity contribution in [1.82, 2.24) is 4.90 Å². The van der Waals surface area contributed by atoms with Crippen molar-refractivity contribution in [1.29, 1.82) is 0 Å². The molecule has 0 aromatic heterocycles. The summed E-state index contributed by atoms with van der Waals surface area (Å²) < 4.78 is 5.30. The maximum Gasteiger partial charge on any atom is 0.410 e. The van der Waals surface area contributed by atoms with Crippen LogP contribution in [0, 0.1) is 11.8 Å². The van der Waals surface area contributed by atoms with Crippen LogP contribution in [0.5, 0.6) is 0 Å². The number of amides is 1. The molecule has 1 amide bonds. The van der Waals surface area contributed by atoms with Crippen molar-refractivity contribution in [3.05, 3.63) is 35.9 Å². The Bertz CT molecular complexity index is 515. The molecule has 0 radical (unpaired) electrons. The van der Waals surface area contributed by atoms with Crippen LogP contribution >= 0.6 is 0 Å². The first-order valence-electron chi connectivity index (χ1n) is 7.69. The highest BCUT2D eigenvalue weighted by atomic mass is 16.6. The lowest BCUT2D eigenvalue weighted by molar-refractivity contribution is -0.144. The van der Waals surface area contributed by atoms with Crippen LogP contribution in [-0.4, -0.2) is 34.7 Å². The Balaban J connectivity index is 2.01. The molecule has 1 aliphatic heterocycles. The van der Waals surface area contributed by atoms with E-state index in [1.165, 1.54) is 4.90 Å². The molecule has 2 atom stereocenters. The van der Waals surface area contributed by atoms with Gasteiger partial charge < -0.3 is 9.84 Å². The molecule has 0 spiro atoms. The number of piperidine rings is 1. The molecule has 0 aliphatic carbocycles. The first kappa shape index (κ1) is 16.3. The third-order valence-corrected chi connectivity index (χ3v) is 4.29. The molecule has 1 N–H and O–H groups in total. The Morgan fingerprint density at radius 1 is 1.27 bits per heavy atom. The predicted molar refractivity (Wildman–Crippen MR) is 82.3 cm³/mol. The van der Waals surface area contributed by atoms with Crippen molar-refractivity contribution in [3.8, 4) is 0 Å². The Labute approximate surface area is 130 Å². The quantitative estimate of drug-likeness (QED) is 0.928. The highest BCUT2D eigenvalue weighted by Crippen LogP contribution is 2.28. The molecule has 1 aliphatic rings. The summed E-state index contributed by atoms with van der Waals surface area (Å²) in [4.78, 5) is 25.0. The van der Waals surface area contributed by atoms with Gasteiger partial charge in [-0.25, -0.2) is 9.59 Å². The van der Waals surface area contributed by atoms with Gasteiger partial charge in [-0.15, -0.1) is 0 Å². The molecule has 2 rings (SSSR count). The number of ether oxygens (including phenoxy) is 1. The van der Waals surface area contributed by atoms with E-state index < -0.39 is 18.1 Å². The van der Waals surface area contributed by atoms with Gasteiger partial charge in [-0.2, -0.15) is 0 Å².